The summed E-state index contributed by atoms with van der Waals surface area (Å²) in [5.74, 6) is 0. The zero-order chi connectivity index (χ0) is 14.1. The molecular weight excluding hydrogens is 321 g/mol. The Kier molecular flexibility index (Phi) is 17.2. The van der Waals surface area contributed by atoms with Crippen LogP contribution in [0, 0.1) is 0 Å². The molecule has 0 amide bonds. The fraction of sp³-hybridized carbons (Fsp3) is 1.00. The van der Waals surface area contributed by atoms with Crippen LogP contribution in [0.2, 0.25) is 0 Å². The van der Waals surface area contributed by atoms with Gasteiger partial charge in [-0.1, -0.05) is 0 Å². The van der Waals surface area contributed by atoms with E-state index in [0.29, 0.717) is 0 Å². The van der Waals surface area contributed by atoms with E-state index in [1.54, 1.807) is 0 Å². The number of aliphatic hydroxyl groups excluding tert-OH is 2. The van der Waals surface area contributed by atoms with Crippen LogP contribution in [0.5, 0.6) is 0 Å². The van der Waals surface area contributed by atoms with Gasteiger partial charge >= 0.3 is 67.0 Å². The van der Waals surface area contributed by atoms with Crippen molar-refractivity contribution in [3.05, 3.63) is 0 Å². The van der Waals surface area contributed by atoms with Gasteiger partial charge in [0.2, 0.25) is 0 Å². The molecule has 0 aliphatic rings. The molecule has 108 valence electrons. The summed E-state index contributed by atoms with van der Waals surface area (Å²) in [4.78, 5) is 32.9. The first-order valence-corrected chi connectivity index (χ1v) is 7.23. The molecule has 0 aliphatic heterocycles. The molecule has 0 heterocycles. The first kappa shape index (κ1) is 24.8. The van der Waals surface area contributed by atoms with Crippen molar-refractivity contribution in [1.29, 1.82) is 0 Å². The van der Waals surface area contributed by atoms with Crippen LogP contribution in [0.25, 0.3) is 0 Å². The number of aliphatic hydroxyl groups is 2. The van der Waals surface area contributed by atoms with Crippen LogP contribution in [0.4, 0.5) is 0 Å². The van der Waals surface area contributed by atoms with Gasteiger partial charge in [0.1, 0.15) is 0 Å². The topological polar surface area (TPSA) is 174 Å². The minimum atomic E-state index is -4.64. The van der Waals surface area contributed by atoms with E-state index in [4.69, 9.17) is 29.8 Å². The molecule has 0 radical (unpaired) electrons. The van der Waals surface area contributed by atoms with Crippen molar-refractivity contribution in [2.45, 2.75) is 13.0 Å². The van der Waals surface area contributed by atoms with Crippen LogP contribution >= 0.6 is 15.6 Å². The van der Waals surface area contributed by atoms with E-state index in [2.05, 4.69) is 9.05 Å². The van der Waals surface area contributed by atoms with E-state index in [-0.39, 0.29) is 64.6 Å². The summed E-state index contributed by atoms with van der Waals surface area (Å²) >= 11 is 0. The zero-order valence-electron chi connectivity index (χ0n) is 8.91. The molecule has 0 aromatic carbocycles. The minimum absolute atomic E-state index is 0. The summed E-state index contributed by atoms with van der Waals surface area (Å²) in [7, 11) is -9.25. The fourth-order valence-corrected chi connectivity index (χ4v) is 1.40. The van der Waals surface area contributed by atoms with E-state index < -0.39 is 28.4 Å². The van der Waals surface area contributed by atoms with Gasteiger partial charge in [-0.15, -0.1) is 0 Å². The summed E-state index contributed by atoms with van der Waals surface area (Å²) in [6.07, 6.45) is -1.10. The zero-order valence-corrected chi connectivity index (χ0v) is 10.7. The molecule has 0 bridgehead atoms. The standard InChI is InChI=1S/C3H10O8P2.C2H6O2.K.H/c1-3(11-13(7,8)9)2-10-12(4,5)6;3-1-2-4;;/h3H,2H2,1H3,(H2,4,5,6)(H2,7,8,9);3-4H,1-2H2;;. The van der Waals surface area contributed by atoms with Crippen molar-refractivity contribution in [1.82, 2.24) is 0 Å². The number of phosphoric acid groups is 2. The van der Waals surface area contributed by atoms with Gasteiger partial charge in [0.25, 0.3) is 0 Å². The van der Waals surface area contributed by atoms with Gasteiger partial charge in [-0.3, -0.25) is 9.05 Å². The van der Waals surface area contributed by atoms with E-state index in [1.165, 1.54) is 6.92 Å². The van der Waals surface area contributed by atoms with Gasteiger partial charge in [-0.25, -0.2) is 9.13 Å². The van der Waals surface area contributed by atoms with Gasteiger partial charge in [-0.05, 0) is 6.92 Å². The molecule has 0 aromatic rings. The second-order valence-electron chi connectivity index (χ2n) is 2.64. The SMILES string of the molecule is CC(COP(=O)(O)O)OP(=O)(O)O.OCCO.[KH]. The average Bonchev–Trinajstić information content (AvgIpc) is 2.11. The average molecular weight is 338 g/mol. The van der Waals surface area contributed by atoms with Gasteiger partial charge in [-0.2, -0.15) is 0 Å². The van der Waals surface area contributed by atoms with Crippen LogP contribution in [-0.2, 0) is 18.2 Å². The normalized spacial score (nSPS) is 13.1. The van der Waals surface area contributed by atoms with Crippen molar-refractivity contribution in [3.63, 3.8) is 0 Å². The van der Waals surface area contributed by atoms with Crippen LogP contribution in [0.1, 0.15) is 6.92 Å². The molecular formula is C5H17KO10P2. The summed E-state index contributed by atoms with van der Waals surface area (Å²) < 4.78 is 28.3. The Bertz CT molecular complexity index is 271. The van der Waals surface area contributed by atoms with E-state index in [0.717, 1.165) is 0 Å². The van der Waals surface area contributed by atoms with Crippen molar-refractivity contribution in [3.8, 4) is 0 Å². The predicted molar refractivity (Wildman–Crippen MR) is 61.9 cm³/mol. The molecule has 1 unspecified atom stereocenters. The Morgan fingerprint density at radius 1 is 1.00 bits per heavy atom. The van der Waals surface area contributed by atoms with Crippen molar-refractivity contribution in [2.75, 3.05) is 19.8 Å². The Morgan fingerprint density at radius 3 is 1.61 bits per heavy atom. The molecule has 10 nitrogen and oxygen atoms in total. The summed E-state index contributed by atoms with van der Waals surface area (Å²) in [6.45, 7) is 0.351. The second-order valence-corrected chi connectivity index (χ2v) is 5.07. The third kappa shape index (κ3) is 26.4. The van der Waals surface area contributed by atoms with Gasteiger partial charge in [0, 0.05) is 0 Å². The van der Waals surface area contributed by atoms with E-state index >= 15 is 0 Å². The van der Waals surface area contributed by atoms with E-state index in [1.807, 2.05) is 0 Å². The molecule has 0 aromatic heterocycles. The number of phosphoric ester groups is 2. The van der Waals surface area contributed by atoms with Crippen LogP contribution < -0.4 is 0 Å². The molecule has 0 fully saturated rings. The maximum absolute atomic E-state index is 10.2. The third-order valence-corrected chi connectivity index (χ3v) is 2.01. The Morgan fingerprint density at radius 2 is 1.39 bits per heavy atom. The van der Waals surface area contributed by atoms with Crippen molar-refractivity contribution in [2.24, 2.45) is 0 Å². The van der Waals surface area contributed by atoms with Crippen LogP contribution in [-0.4, -0.2) is 107 Å². The number of rotatable bonds is 6. The van der Waals surface area contributed by atoms with Gasteiger partial charge in [0.15, 0.2) is 0 Å². The predicted octanol–water partition coefficient (Wildman–Crippen LogP) is -2.08. The first-order valence-electron chi connectivity index (χ1n) is 4.17. The number of hydrogen-bond donors (Lipinski definition) is 6. The molecule has 13 heteroatoms. The maximum atomic E-state index is 10.2. The monoisotopic (exact) mass is 338 g/mol. The van der Waals surface area contributed by atoms with E-state index in [9.17, 15) is 9.13 Å². The molecule has 0 rings (SSSR count). The second kappa shape index (κ2) is 12.5. The Hall–Kier alpha value is 1.78. The van der Waals surface area contributed by atoms with Crippen molar-refractivity contribution >= 4 is 67.0 Å². The molecule has 0 saturated heterocycles. The fourth-order valence-electron chi connectivity index (χ4n) is 0.467. The Labute approximate surface area is 146 Å². The molecule has 18 heavy (non-hydrogen) atoms. The van der Waals surface area contributed by atoms with Gasteiger partial charge < -0.3 is 29.8 Å². The first-order chi connectivity index (χ1) is 7.52. The van der Waals surface area contributed by atoms with Crippen LogP contribution in [0.15, 0.2) is 0 Å². The van der Waals surface area contributed by atoms with Crippen molar-refractivity contribution < 1.29 is 48.0 Å². The summed E-state index contributed by atoms with van der Waals surface area (Å²) in [5.41, 5.74) is 0. The summed E-state index contributed by atoms with van der Waals surface area (Å²) in [5, 5.41) is 15.2. The van der Waals surface area contributed by atoms with Gasteiger partial charge in [0.05, 0.1) is 25.9 Å². The molecule has 0 aliphatic carbocycles. The quantitative estimate of drug-likeness (QED) is 0.233. The Balaban J connectivity index is -0.000000392. The molecule has 0 saturated carbocycles. The van der Waals surface area contributed by atoms with Crippen LogP contribution in [0.3, 0.4) is 0 Å². The summed E-state index contributed by atoms with van der Waals surface area (Å²) in [6, 6.07) is 0. The molecule has 6 N–H and O–H groups in total. The molecule has 1 atom stereocenters. The third-order valence-electron chi connectivity index (χ3n) is 0.895. The number of hydrogen-bond acceptors (Lipinski definition) is 6. The molecule has 0 spiro atoms.